The van der Waals surface area contributed by atoms with Gasteiger partial charge < -0.3 is 15.7 Å². The molecule has 3 N–H and O–H groups in total. The molecule has 0 bridgehead atoms. The summed E-state index contributed by atoms with van der Waals surface area (Å²) in [6, 6.07) is 4.02. The highest BCUT2D eigenvalue weighted by Crippen LogP contribution is 2.25. The van der Waals surface area contributed by atoms with Gasteiger partial charge in [0.1, 0.15) is 0 Å². The minimum absolute atomic E-state index is 0.130. The molecule has 1 unspecified atom stereocenters. The number of aliphatic carboxylic acids is 1. The number of amides is 2. The van der Waals surface area contributed by atoms with E-state index in [1.807, 2.05) is 0 Å². The topological polar surface area (TPSA) is 78.4 Å². The molecule has 0 aliphatic carbocycles. The summed E-state index contributed by atoms with van der Waals surface area (Å²) in [5.74, 6) is -0.963. The van der Waals surface area contributed by atoms with E-state index in [1.165, 1.54) is 0 Å². The van der Waals surface area contributed by atoms with Crippen molar-refractivity contribution in [3.8, 4) is 0 Å². The van der Waals surface area contributed by atoms with E-state index in [0.29, 0.717) is 15.2 Å². The van der Waals surface area contributed by atoms with Crippen LogP contribution in [-0.4, -0.2) is 23.1 Å². The van der Waals surface area contributed by atoms with Crippen molar-refractivity contribution in [3.05, 3.63) is 27.7 Å². The second-order valence-electron chi connectivity index (χ2n) is 3.72. The fourth-order valence-corrected chi connectivity index (χ4v) is 2.07. The Morgan fingerprint density at radius 3 is 2.72 bits per heavy atom. The molecular weight excluding hydrogens is 323 g/mol. The summed E-state index contributed by atoms with van der Waals surface area (Å²) < 4.78 is 0.649. The number of nitrogens with one attached hydrogen (secondary N) is 2. The maximum atomic E-state index is 11.6. The van der Waals surface area contributed by atoms with E-state index in [1.54, 1.807) is 25.1 Å². The van der Waals surface area contributed by atoms with Gasteiger partial charge in [-0.1, -0.05) is 11.6 Å². The summed E-state index contributed by atoms with van der Waals surface area (Å²) in [7, 11) is 0. The van der Waals surface area contributed by atoms with Crippen LogP contribution in [0.25, 0.3) is 0 Å². The van der Waals surface area contributed by atoms with Gasteiger partial charge in [0.2, 0.25) is 0 Å². The van der Waals surface area contributed by atoms with Crippen LogP contribution in [0.5, 0.6) is 0 Å². The molecule has 0 saturated carbocycles. The first-order valence-electron chi connectivity index (χ1n) is 5.13. The van der Waals surface area contributed by atoms with E-state index >= 15 is 0 Å². The molecule has 1 aromatic carbocycles. The van der Waals surface area contributed by atoms with Crippen molar-refractivity contribution in [2.75, 3.05) is 5.32 Å². The maximum Gasteiger partial charge on any atom is 0.319 e. The van der Waals surface area contributed by atoms with Gasteiger partial charge in [-0.3, -0.25) is 4.79 Å². The number of urea groups is 1. The van der Waals surface area contributed by atoms with E-state index in [9.17, 15) is 9.59 Å². The number of hydrogen-bond donors (Lipinski definition) is 3. The molecule has 1 atom stereocenters. The van der Waals surface area contributed by atoms with Crippen LogP contribution >= 0.6 is 27.5 Å². The van der Waals surface area contributed by atoms with Crippen LogP contribution < -0.4 is 10.6 Å². The van der Waals surface area contributed by atoms with Gasteiger partial charge >= 0.3 is 12.0 Å². The molecule has 5 nitrogen and oxygen atoms in total. The first-order chi connectivity index (χ1) is 8.38. The van der Waals surface area contributed by atoms with E-state index in [0.717, 1.165) is 0 Å². The lowest BCUT2D eigenvalue weighted by atomic mass is 10.2. The number of carboxylic acids is 1. The number of anilines is 1. The molecular formula is C11H12BrClN2O3. The molecule has 0 aliphatic rings. The zero-order valence-electron chi connectivity index (χ0n) is 9.54. The number of carbonyl (C=O) groups is 2. The van der Waals surface area contributed by atoms with Gasteiger partial charge in [-0.2, -0.15) is 0 Å². The van der Waals surface area contributed by atoms with E-state index < -0.39 is 18.0 Å². The highest BCUT2D eigenvalue weighted by atomic mass is 79.9. The quantitative estimate of drug-likeness (QED) is 0.791. The highest BCUT2D eigenvalue weighted by Gasteiger charge is 2.11. The van der Waals surface area contributed by atoms with Gasteiger partial charge in [0.15, 0.2) is 0 Å². The lowest BCUT2D eigenvalue weighted by Crippen LogP contribution is -2.37. The molecule has 18 heavy (non-hydrogen) atoms. The number of rotatable bonds is 4. The molecule has 0 saturated heterocycles. The van der Waals surface area contributed by atoms with E-state index in [4.69, 9.17) is 16.7 Å². The number of carboxylic acid groups (broad SMARTS) is 1. The van der Waals surface area contributed by atoms with Gasteiger partial charge in [-0.15, -0.1) is 0 Å². The van der Waals surface area contributed by atoms with Gasteiger partial charge in [0.25, 0.3) is 0 Å². The molecule has 2 amide bonds. The second-order valence-corrected chi connectivity index (χ2v) is 5.01. The zero-order valence-corrected chi connectivity index (χ0v) is 11.9. The van der Waals surface area contributed by atoms with Crippen molar-refractivity contribution in [2.45, 2.75) is 19.4 Å². The predicted octanol–water partition coefficient (Wildman–Crippen LogP) is 3.09. The zero-order chi connectivity index (χ0) is 13.7. The lowest BCUT2D eigenvalue weighted by Gasteiger charge is -2.13. The minimum atomic E-state index is -0.963. The standard InChI is InChI=1S/C11H12BrClN2O3/c1-6(4-10(16)17)14-11(18)15-9-3-2-7(13)5-8(9)12/h2-3,5-6H,4H2,1H3,(H,16,17)(H2,14,15,18). The second kappa shape index (κ2) is 6.61. The van der Waals surface area contributed by atoms with Crippen LogP contribution in [0.1, 0.15) is 13.3 Å². The third-order valence-corrected chi connectivity index (χ3v) is 2.93. The van der Waals surface area contributed by atoms with Crippen molar-refractivity contribution < 1.29 is 14.7 Å². The Hall–Kier alpha value is -1.27. The van der Waals surface area contributed by atoms with E-state index in [-0.39, 0.29) is 6.42 Å². The predicted molar refractivity (Wildman–Crippen MR) is 73.0 cm³/mol. The van der Waals surface area contributed by atoms with Crippen LogP contribution in [-0.2, 0) is 4.79 Å². The number of hydrogen-bond acceptors (Lipinski definition) is 2. The summed E-state index contributed by atoms with van der Waals surface area (Å²) >= 11 is 9.03. The first kappa shape index (κ1) is 14.8. The smallest absolute Gasteiger partial charge is 0.319 e. The number of halogens is 2. The third kappa shape index (κ3) is 4.93. The Morgan fingerprint density at radius 1 is 1.50 bits per heavy atom. The SMILES string of the molecule is CC(CC(=O)O)NC(=O)Nc1ccc(Cl)cc1Br. The van der Waals surface area contributed by atoms with Crippen LogP contribution in [0, 0.1) is 0 Å². The van der Waals surface area contributed by atoms with Crippen molar-refractivity contribution in [1.82, 2.24) is 5.32 Å². The Kier molecular flexibility index (Phi) is 5.43. The fourth-order valence-electron chi connectivity index (χ4n) is 1.29. The largest absolute Gasteiger partial charge is 0.481 e. The van der Waals surface area contributed by atoms with Crippen molar-refractivity contribution in [3.63, 3.8) is 0 Å². The Morgan fingerprint density at radius 2 is 2.17 bits per heavy atom. The fraction of sp³-hybridized carbons (Fsp3) is 0.273. The monoisotopic (exact) mass is 334 g/mol. The minimum Gasteiger partial charge on any atom is -0.481 e. The molecule has 1 aromatic rings. The summed E-state index contributed by atoms with van der Waals surface area (Å²) in [4.78, 5) is 22.0. The van der Waals surface area contributed by atoms with Crippen LogP contribution in [0.2, 0.25) is 5.02 Å². The molecule has 0 spiro atoms. The summed E-state index contributed by atoms with van der Waals surface area (Å²) in [5, 5.41) is 14.2. The van der Waals surface area contributed by atoms with Crippen molar-refractivity contribution >= 4 is 45.2 Å². The highest BCUT2D eigenvalue weighted by molar-refractivity contribution is 9.10. The molecule has 98 valence electrons. The Bertz CT molecular complexity index is 468. The molecule has 0 fully saturated rings. The van der Waals surface area contributed by atoms with Crippen molar-refractivity contribution in [2.24, 2.45) is 0 Å². The van der Waals surface area contributed by atoms with E-state index in [2.05, 4.69) is 26.6 Å². The van der Waals surface area contributed by atoms with Crippen LogP contribution in [0.15, 0.2) is 22.7 Å². The van der Waals surface area contributed by atoms with Gasteiger partial charge in [0, 0.05) is 15.5 Å². The third-order valence-electron chi connectivity index (χ3n) is 2.04. The average Bonchev–Trinajstić information content (AvgIpc) is 2.20. The van der Waals surface area contributed by atoms with Gasteiger partial charge in [0.05, 0.1) is 12.1 Å². The lowest BCUT2D eigenvalue weighted by molar-refractivity contribution is -0.137. The normalized spacial score (nSPS) is 11.7. The Balaban J connectivity index is 2.56. The van der Waals surface area contributed by atoms with Gasteiger partial charge in [-0.25, -0.2) is 4.79 Å². The summed E-state index contributed by atoms with van der Waals surface area (Å²) in [5.41, 5.74) is 0.555. The van der Waals surface area contributed by atoms with Crippen LogP contribution in [0.3, 0.4) is 0 Å². The average molecular weight is 336 g/mol. The summed E-state index contributed by atoms with van der Waals surface area (Å²) in [6.45, 7) is 1.62. The maximum absolute atomic E-state index is 11.6. The molecule has 0 radical (unpaired) electrons. The molecule has 7 heteroatoms. The number of carbonyl (C=O) groups excluding carboxylic acids is 1. The summed E-state index contributed by atoms with van der Waals surface area (Å²) in [6.07, 6.45) is -0.130. The first-order valence-corrected chi connectivity index (χ1v) is 6.30. The molecule has 0 heterocycles. The van der Waals surface area contributed by atoms with Crippen LogP contribution in [0.4, 0.5) is 10.5 Å². The Labute approximate surface area is 118 Å². The molecule has 1 rings (SSSR count). The number of benzene rings is 1. The molecule has 0 aromatic heterocycles. The molecule has 0 aliphatic heterocycles. The van der Waals surface area contributed by atoms with Gasteiger partial charge in [-0.05, 0) is 41.1 Å². The van der Waals surface area contributed by atoms with Crippen molar-refractivity contribution in [1.29, 1.82) is 0 Å².